The Morgan fingerprint density at radius 2 is 2.07 bits per heavy atom. The molecule has 2 aromatic carbocycles. The monoisotopic (exact) mass is 551 g/mol. The van der Waals surface area contributed by atoms with Crippen molar-refractivity contribution in [3.63, 3.8) is 0 Å². The molecule has 0 saturated heterocycles. The molecule has 1 fully saturated rings. The van der Waals surface area contributed by atoms with Gasteiger partial charge in [0.2, 0.25) is 5.95 Å². The number of nitrogens with zero attached hydrogens (tertiary/aromatic N) is 6. The lowest BCUT2D eigenvalue weighted by atomic mass is 9.65. The molecule has 206 valence electrons. The average Bonchev–Trinajstić information content (AvgIpc) is 3.35. The molecule has 0 bridgehead atoms. The van der Waals surface area contributed by atoms with Gasteiger partial charge < -0.3 is 20.7 Å². The first-order chi connectivity index (χ1) is 19.9. The van der Waals surface area contributed by atoms with E-state index in [9.17, 15) is 14.4 Å². The van der Waals surface area contributed by atoms with Gasteiger partial charge in [0, 0.05) is 19.3 Å². The molecule has 1 aliphatic carbocycles. The van der Waals surface area contributed by atoms with Crippen molar-refractivity contribution in [2.24, 2.45) is 0 Å². The molecule has 7 rings (SSSR count). The Bertz CT molecular complexity index is 1920. The largest absolute Gasteiger partial charge is 0.484 e. The van der Waals surface area contributed by atoms with Crippen molar-refractivity contribution in [1.29, 1.82) is 5.26 Å². The number of fused-ring (bicyclic) bond motifs is 4. The molecule has 1 aliphatic heterocycles. The number of hydrogen-bond donors (Lipinski definition) is 3. The van der Waals surface area contributed by atoms with Crippen molar-refractivity contribution in [2.45, 2.75) is 30.8 Å². The topological polar surface area (TPSA) is 151 Å². The summed E-state index contributed by atoms with van der Waals surface area (Å²) in [4.78, 5) is 25.0. The van der Waals surface area contributed by atoms with E-state index in [2.05, 4.69) is 26.6 Å². The Hall–Kier alpha value is -5.18. The lowest BCUT2D eigenvalue weighted by Crippen LogP contribution is -2.41. The summed E-state index contributed by atoms with van der Waals surface area (Å²) in [6.45, 7) is 0.925. The summed E-state index contributed by atoms with van der Waals surface area (Å²) in [5, 5.41) is 20.8. The summed E-state index contributed by atoms with van der Waals surface area (Å²) in [5.74, 6) is 0.547. The molecule has 1 atom stereocenters. The molecule has 4 N–H and O–H groups in total. The van der Waals surface area contributed by atoms with Crippen LogP contribution < -0.4 is 26.2 Å². The number of ether oxygens (including phenoxy) is 1. The molecule has 4 heterocycles. The molecule has 1 saturated carbocycles. The zero-order chi connectivity index (χ0) is 28.3. The minimum atomic E-state index is -0.467. The number of likely N-dealkylation sites (N-methyl/N-ethyl adjacent to an activating group) is 1. The van der Waals surface area contributed by atoms with E-state index in [0.717, 1.165) is 30.5 Å². The molecule has 3 aromatic heterocycles. The summed E-state index contributed by atoms with van der Waals surface area (Å²) in [6.07, 6.45) is 4.02. The Morgan fingerprint density at radius 1 is 1.27 bits per heavy atom. The third-order valence-corrected chi connectivity index (χ3v) is 8.12. The predicted molar refractivity (Wildman–Crippen MR) is 153 cm³/mol. The Balaban J connectivity index is 1.28. The van der Waals surface area contributed by atoms with Gasteiger partial charge in [-0.15, -0.1) is 0 Å². The highest BCUT2D eigenvalue weighted by atomic mass is 19.1. The van der Waals surface area contributed by atoms with Gasteiger partial charge >= 0.3 is 0 Å². The molecule has 12 heteroatoms. The normalized spacial score (nSPS) is 17.2. The minimum Gasteiger partial charge on any atom is -0.484 e. The third-order valence-electron chi connectivity index (χ3n) is 8.12. The van der Waals surface area contributed by atoms with Crippen LogP contribution in [0.3, 0.4) is 0 Å². The SMILES string of the molecule is CN(C[C@H]1CNc2ccc(F)cc2O1)c1ncc2c3[nH]nc(N)c3c(=O)n(-c3ccc(C4(C#N)CCC4)cc3)c2n1. The summed E-state index contributed by atoms with van der Waals surface area (Å²) in [5.41, 5.74) is 8.35. The van der Waals surface area contributed by atoms with Gasteiger partial charge in [0.05, 0.1) is 46.9 Å². The summed E-state index contributed by atoms with van der Waals surface area (Å²) < 4.78 is 21.3. The maximum absolute atomic E-state index is 13.8. The number of nitrogen functional groups attached to an aromatic ring is 1. The van der Waals surface area contributed by atoms with E-state index in [1.807, 2.05) is 36.2 Å². The average molecular weight is 552 g/mol. The highest BCUT2D eigenvalue weighted by Crippen LogP contribution is 2.43. The molecule has 0 radical (unpaired) electrons. The number of aromatic nitrogens is 5. The summed E-state index contributed by atoms with van der Waals surface area (Å²) in [6, 6.07) is 14.3. The fraction of sp³-hybridized carbons (Fsp3) is 0.276. The quantitative estimate of drug-likeness (QED) is 0.297. The first kappa shape index (κ1) is 24.8. The van der Waals surface area contributed by atoms with E-state index in [0.29, 0.717) is 47.0 Å². The number of H-pyrrole nitrogens is 1. The zero-order valence-corrected chi connectivity index (χ0v) is 22.2. The smallest absolute Gasteiger partial charge is 0.270 e. The van der Waals surface area contributed by atoms with E-state index in [-0.39, 0.29) is 28.7 Å². The van der Waals surface area contributed by atoms with Crippen LogP contribution in [0.25, 0.3) is 27.6 Å². The molecule has 41 heavy (non-hydrogen) atoms. The van der Waals surface area contributed by atoms with E-state index in [4.69, 9.17) is 15.5 Å². The molecule has 11 nitrogen and oxygen atoms in total. The molecule has 0 unspecified atom stereocenters. The van der Waals surface area contributed by atoms with Crippen LogP contribution in [0.4, 0.5) is 21.8 Å². The number of nitrogens with two attached hydrogens (primary N) is 1. The van der Waals surface area contributed by atoms with Crippen LogP contribution in [0.2, 0.25) is 0 Å². The van der Waals surface area contributed by atoms with Crippen LogP contribution in [0.5, 0.6) is 5.75 Å². The first-order valence-electron chi connectivity index (χ1n) is 13.4. The minimum absolute atomic E-state index is 0.0926. The van der Waals surface area contributed by atoms with Crippen LogP contribution in [-0.4, -0.2) is 51.0 Å². The van der Waals surface area contributed by atoms with Gasteiger partial charge in [-0.1, -0.05) is 12.1 Å². The van der Waals surface area contributed by atoms with Gasteiger partial charge in [0.25, 0.3) is 5.56 Å². The standard InChI is InChI=1S/C29H26FN9O2/c1-38(14-19-12-33-21-8-5-17(30)11-22(21)41-19)28-34-13-20-24-23(25(32)37-36-24)27(40)39(26(20)35-28)18-6-3-16(4-7-18)29(15-31)9-2-10-29/h3-8,11,13,19,33H,2,9-10,12,14H2,1H3,(H3,32,36,37)/t19-/m1/s1. The highest BCUT2D eigenvalue weighted by Gasteiger charge is 2.38. The lowest BCUT2D eigenvalue weighted by molar-refractivity contribution is 0.211. The van der Waals surface area contributed by atoms with Gasteiger partial charge in [-0.05, 0) is 49.1 Å². The van der Waals surface area contributed by atoms with Crippen LogP contribution in [0.1, 0.15) is 24.8 Å². The van der Waals surface area contributed by atoms with Crippen LogP contribution in [-0.2, 0) is 5.41 Å². The number of hydrogen-bond acceptors (Lipinski definition) is 9. The van der Waals surface area contributed by atoms with Crippen molar-refractivity contribution in [1.82, 2.24) is 24.7 Å². The second-order valence-electron chi connectivity index (χ2n) is 10.6. The van der Waals surface area contributed by atoms with Crippen molar-refractivity contribution < 1.29 is 9.13 Å². The summed E-state index contributed by atoms with van der Waals surface area (Å²) >= 11 is 0. The fourth-order valence-electron chi connectivity index (χ4n) is 5.71. The second-order valence-corrected chi connectivity index (χ2v) is 10.6. The number of rotatable bonds is 5. The number of nitrogens with one attached hydrogen (secondary N) is 2. The van der Waals surface area contributed by atoms with Gasteiger partial charge in [-0.2, -0.15) is 15.3 Å². The summed E-state index contributed by atoms with van der Waals surface area (Å²) in [7, 11) is 1.83. The maximum atomic E-state index is 13.8. The van der Waals surface area contributed by atoms with E-state index in [1.54, 1.807) is 12.3 Å². The molecule has 5 aromatic rings. The van der Waals surface area contributed by atoms with Crippen LogP contribution >= 0.6 is 0 Å². The first-order valence-corrected chi connectivity index (χ1v) is 13.4. The lowest BCUT2D eigenvalue weighted by Gasteiger charge is -2.35. The molecular weight excluding hydrogens is 525 g/mol. The Morgan fingerprint density at radius 3 is 2.80 bits per heavy atom. The second kappa shape index (κ2) is 9.19. The molecule has 0 amide bonds. The number of anilines is 3. The van der Waals surface area contributed by atoms with Gasteiger partial charge in [-0.25, -0.2) is 9.37 Å². The van der Waals surface area contributed by atoms with Gasteiger partial charge in [0.15, 0.2) is 11.5 Å². The third kappa shape index (κ3) is 3.92. The highest BCUT2D eigenvalue weighted by molar-refractivity contribution is 6.05. The van der Waals surface area contributed by atoms with E-state index >= 15 is 0 Å². The van der Waals surface area contributed by atoms with E-state index < -0.39 is 5.41 Å². The van der Waals surface area contributed by atoms with Crippen LogP contribution in [0, 0.1) is 17.1 Å². The molecule has 2 aliphatic rings. The zero-order valence-electron chi connectivity index (χ0n) is 22.2. The Kier molecular flexibility index (Phi) is 5.57. The number of halogens is 1. The van der Waals surface area contributed by atoms with Crippen molar-refractivity contribution in [3.8, 4) is 17.5 Å². The molecule has 0 spiro atoms. The number of nitriles is 1. The van der Waals surface area contributed by atoms with E-state index in [1.165, 1.54) is 16.7 Å². The van der Waals surface area contributed by atoms with Gasteiger partial charge in [-0.3, -0.25) is 14.5 Å². The number of benzene rings is 2. The maximum Gasteiger partial charge on any atom is 0.270 e. The number of pyridine rings is 1. The van der Waals surface area contributed by atoms with Crippen LogP contribution in [0.15, 0.2) is 53.5 Å². The number of aromatic amines is 1. The van der Waals surface area contributed by atoms with Gasteiger partial charge in [0.1, 0.15) is 23.1 Å². The molecular formula is C29H26FN9O2. The van der Waals surface area contributed by atoms with Crippen molar-refractivity contribution in [2.75, 3.05) is 36.1 Å². The Labute approximate surface area is 233 Å². The van der Waals surface area contributed by atoms with Crippen molar-refractivity contribution in [3.05, 3.63) is 70.4 Å². The predicted octanol–water partition coefficient (Wildman–Crippen LogP) is 3.63. The fourth-order valence-corrected chi connectivity index (χ4v) is 5.71. The van der Waals surface area contributed by atoms with Crippen molar-refractivity contribution >= 4 is 39.4 Å².